The number of nitrogens with one attached hydrogen (secondary N) is 1. The Balaban J connectivity index is 1.64. The second-order valence-corrected chi connectivity index (χ2v) is 6.73. The number of hydrogen-bond donors (Lipinski definition) is 1. The molecule has 0 aromatic heterocycles. The topological polar surface area (TPSA) is 67.9 Å². The Labute approximate surface area is 155 Å². The average molecular weight is 362 g/mol. The van der Waals surface area contributed by atoms with E-state index >= 15 is 0 Å². The monoisotopic (exact) mass is 362 g/mol. The van der Waals surface area contributed by atoms with E-state index in [1.54, 1.807) is 0 Å². The van der Waals surface area contributed by atoms with Crippen LogP contribution in [0.25, 0.3) is 0 Å². The SMILES string of the molecule is CCOc1ccc(CCC(=O)NCCC(=O)N2C[C@@H](C)O[C@@H](C)C2)cc1. The van der Waals surface area contributed by atoms with Crippen LogP contribution in [-0.2, 0) is 20.7 Å². The van der Waals surface area contributed by atoms with Crippen molar-refractivity contribution in [2.45, 2.75) is 52.2 Å². The summed E-state index contributed by atoms with van der Waals surface area (Å²) in [6.07, 6.45) is 1.53. The maximum atomic E-state index is 12.2. The van der Waals surface area contributed by atoms with Crippen molar-refractivity contribution in [1.82, 2.24) is 10.2 Å². The number of rotatable bonds is 8. The molecule has 0 unspecified atom stereocenters. The van der Waals surface area contributed by atoms with Gasteiger partial charge in [0.2, 0.25) is 11.8 Å². The van der Waals surface area contributed by atoms with Gasteiger partial charge in [0, 0.05) is 32.5 Å². The van der Waals surface area contributed by atoms with Crippen molar-refractivity contribution in [2.24, 2.45) is 0 Å². The van der Waals surface area contributed by atoms with Gasteiger partial charge in [0.1, 0.15) is 5.75 Å². The van der Waals surface area contributed by atoms with E-state index in [1.165, 1.54) is 0 Å². The normalized spacial score (nSPS) is 19.9. The molecule has 144 valence electrons. The highest BCUT2D eigenvalue weighted by atomic mass is 16.5. The van der Waals surface area contributed by atoms with Crippen LogP contribution in [-0.4, -0.2) is 55.2 Å². The highest BCUT2D eigenvalue weighted by Gasteiger charge is 2.25. The zero-order valence-corrected chi connectivity index (χ0v) is 16.0. The van der Waals surface area contributed by atoms with E-state index in [0.29, 0.717) is 45.5 Å². The van der Waals surface area contributed by atoms with Crippen molar-refractivity contribution in [3.05, 3.63) is 29.8 Å². The van der Waals surface area contributed by atoms with Gasteiger partial charge in [-0.1, -0.05) is 12.1 Å². The van der Waals surface area contributed by atoms with Crippen molar-refractivity contribution in [2.75, 3.05) is 26.2 Å². The molecule has 2 rings (SSSR count). The Kier molecular flexibility index (Phi) is 7.91. The van der Waals surface area contributed by atoms with Gasteiger partial charge in [0.15, 0.2) is 0 Å². The molecule has 26 heavy (non-hydrogen) atoms. The van der Waals surface area contributed by atoms with Crippen LogP contribution in [0.1, 0.15) is 39.2 Å². The minimum atomic E-state index is -0.0320. The van der Waals surface area contributed by atoms with Crippen molar-refractivity contribution >= 4 is 11.8 Å². The Morgan fingerprint density at radius 2 is 1.81 bits per heavy atom. The number of ether oxygens (including phenoxy) is 2. The number of morpholine rings is 1. The summed E-state index contributed by atoms with van der Waals surface area (Å²) in [7, 11) is 0. The zero-order chi connectivity index (χ0) is 18.9. The number of amides is 2. The number of carbonyl (C=O) groups excluding carboxylic acids is 2. The van der Waals surface area contributed by atoms with E-state index < -0.39 is 0 Å². The lowest BCUT2D eigenvalue weighted by Gasteiger charge is -2.35. The summed E-state index contributed by atoms with van der Waals surface area (Å²) < 4.78 is 11.0. The lowest BCUT2D eigenvalue weighted by atomic mass is 10.1. The molecule has 2 amide bonds. The minimum Gasteiger partial charge on any atom is -0.494 e. The van der Waals surface area contributed by atoms with Crippen molar-refractivity contribution in [3.63, 3.8) is 0 Å². The van der Waals surface area contributed by atoms with Crippen LogP contribution in [0.4, 0.5) is 0 Å². The zero-order valence-electron chi connectivity index (χ0n) is 16.0. The van der Waals surface area contributed by atoms with E-state index in [2.05, 4.69) is 5.32 Å². The van der Waals surface area contributed by atoms with E-state index in [1.807, 2.05) is 49.9 Å². The lowest BCUT2D eigenvalue weighted by Crippen LogP contribution is -2.48. The van der Waals surface area contributed by atoms with Crippen LogP contribution in [0.2, 0.25) is 0 Å². The Hall–Kier alpha value is -2.08. The molecule has 0 radical (unpaired) electrons. The maximum absolute atomic E-state index is 12.2. The van der Waals surface area contributed by atoms with Gasteiger partial charge >= 0.3 is 0 Å². The second-order valence-electron chi connectivity index (χ2n) is 6.73. The van der Waals surface area contributed by atoms with Gasteiger partial charge in [-0.2, -0.15) is 0 Å². The largest absolute Gasteiger partial charge is 0.494 e. The van der Waals surface area contributed by atoms with Crippen molar-refractivity contribution < 1.29 is 19.1 Å². The molecule has 0 bridgehead atoms. The number of carbonyl (C=O) groups is 2. The molecule has 1 aromatic carbocycles. The molecule has 0 spiro atoms. The highest BCUT2D eigenvalue weighted by molar-refractivity contribution is 5.79. The summed E-state index contributed by atoms with van der Waals surface area (Å²) in [5.41, 5.74) is 1.09. The van der Waals surface area contributed by atoms with Gasteiger partial charge in [-0.05, 0) is 44.9 Å². The fraction of sp³-hybridized carbons (Fsp3) is 0.600. The number of aryl methyl sites for hydroxylation is 1. The first-order chi connectivity index (χ1) is 12.5. The summed E-state index contributed by atoms with van der Waals surface area (Å²) in [6, 6.07) is 7.78. The van der Waals surface area contributed by atoms with Crippen LogP contribution in [0.3, 0.4) is 0 Å². The highest BCUT2D eigenvalue weighted by Crippen LogP contribution is 2.13. The van der Waals surface area contributed by atoms with Crippen LogP contribution >= 0.6 is 0 Å². The van der Waals surface area contributed by atoms with Gasteiger partial charge in [-0.15, -0.1) is 0 Å². The van der Waals surface area contributed by atoms with E-state index in [4.69, 9.17) is 9.47 Å². The van der Waals surface area contributed by atoms with Gasteiger partial charge in [0.05, 0.1) is 18.8 Å². The van der Waals surface area contributed by atoms with Crippen molar-refractivity contribution in [3.8, 4) is 5.75 Å². The molecule has 1 heterocycles. The average Bonchev–Trinajstić information content (AvgIpc) is 2.60. The van der Waals surface area contributed by atoms with Gasteiger partial charge in [0.25, 0.3) is 0 Å². The predicted molar refractivity (Wildman–Crippen MR) is 100 cm³/mol. The van der Waals surface area contributed by atoms with Gasteiger partial charge in [-0.25, -0.2) is 0 Å². The summed E-state index contributed by atoms with van der Waals surface area (Å²) in [6.45, 7) is 8.15. The maximum Gasteiger partial charge on any atom is 0.224 e. The molecule has 1 aliphatic rings. The molecule has 6 heteroatoms. The van der Waals surface area contributed by atoms with Crippen LogP contribution in [0.15, 0.2) is 24.3 Å². The third kappa shape index (κ3) is 6.67. The minimum absolute atomic E-state index is 0.0320. The number of nitrogens with zero attached hydrogens (tertiary/aromatic N) is 1. The van der Waals surface area contributed by atoms with E-state index in [0.717, 1.165) is 11.3 Å². The first-order valence-corrected chi connectivity index (χ1v) is 9.39. The molecule has 0 aliphatic carbocycles. The fourth-order valence-electron chi connectivity index (χ4n) is 3.11. The van der Waals surface area contributed by atoms with Crippen LogP contribution in [0.5, 0.6) is 5.75 Å². The number of benzene rings is 1. The van der Waals surface area contributed by atoms with E-state index in [-0.39, 0.29) is 24.0 Å². The quantitative estimate of drug-likeness (QED) is 0.769. The van der Waals surface area contributed by atoms with Crippen molar-refractivity contribution in [1.29, 1.82) is 0 Å². The summed E-state index contributed by atoms with van der Waals surface area (Å²) in [5.74, 6) is 0.875. The number of hydrogen-bond acceptors (Lipinski definition) is 4. The standard InChI is InChI=1S/C20H30N2O4/c1-4-25-18-8-5-17(6-9-18)7-10-19(23)21-12-11-20(24)22-13-15(2)26-16(3)14-22/h5-6,8-9,15-16H,4,7,10-14H2,1-3H3,(H,21,23)/t15-,16+. The molecule has 1 aliphatic heterocycles. The molecule has 1 aromatic rings. The molecule has 1 fully saturated rings. The fourth-order valence-corrected chi connectivity index (χ4v) is 3.11. The molecular formula is C20H30N2O4. The first kappa shape index (κ1) is 20.2. The molecule has 2 atom stereocenters. The van der Waals surface area contributed by atoms with Crippen LogP contribution in [0, 0.1) is 0 Å². The van der Waals surface area contributed by atoms with E-state index in [9.17, 15) is 9.59 Å². The summed E-state index contributed by atoms with van der Waals surface area (Å²) >= 11 is 0. The summed E-state index contributed by atoms with van der Waals surface area (Å²) in [4.78, 5) is 26.0. The predicted octanol–water partition coefficient (Wildman–Crippen LogP) is 2.16. The molecule has 6 nitrogen and oxygen atoms in total. The molecule has 0 saturated carbocycles. The molecular weight excluding hydrogens is 332 g/mol. The van der Waals surface area contributed by atoms with Gasteiger partial charge in [-0.3, -0.25) is 9.59 Å². The Bertz CT molecular complexity index is 578. The Morgan fingerprint density at radius 3 is 2.42 bits per heavy atom. The second kappa shape index (κ2) is 10.2. The third-order valence-corrected chi connectivity index (χ3v) is 4.31. The smallest absolute Gasteiger partial charge is 0.224 e. The van der Waals surface area contributed by atoms with Crippen LogP contribution < -0.4 is 10.1 Å². The molecule has 1 saturated heterocycles. The first-order valence-electron chi connectivity index (χ1n) is 9.39. The lowest BCUT2D eigenvalue weighted by molar-refractivity contribution is -0.143. The third-order valence-electron chi connectivity index (χ3n) is 4.31. The summed E-state index contributed by atoms with van der Waals surface area (Å²) in [5, 5.41) is 2.83. The Morgan fingerprint density at radius 1 is 1.15 bits per heavy atom. The van der Waals surface area contributed by atoms with Gasteiger partial charge < -0.3 is 19.7 Å². The molecule has 1 N–H and O–H groups in total.